The molecule has 0 aromatic rings. The van der Waals surface area contributed by atoms with Crippen molar-refractivity contribution in [3.8, 4) is 0 Å². The first-order chi connectivity index (χ1) is 8.60. The van der Waals surface area contributed by atoms with Crippen molar-refractivity contribution in [3.63, 3.8) is 0 Å². The first-order valence-corrected chi connectivity index (χ1v) is 6.87. The normalized spacial score (nSPS) is 12.3. The average Bonchev–Trinajstić information content (AvgIpc) is 2.36. The molecular formula is C13H30N4O. The van der Waals surface area contributed by atoms with Crippen LogP contribution in [0.1, 0.15) is 40.5 Å². The van der Waals surface area contributed by atoms with Crippen LogP contribution in [0.25, 0.3) is 0 Å². The number of methoxy groups -OCH3 is 1. The molecule has 0 unspecified atom stereocenters. The average molecular weight is 258 g/mol. The standard InChI is InChI=1S/C13H30N4O/c1-6-12(7-2)17(8-9-18-5)13(16-14)15-10-11(3)4/h11-12H,6-10,14H2,1-5H3,(H,15,16). The van der Waals surface area contributed by atoms with E-state index in [0.717, 1.165) is 31.9 Å². The van der Waals surface area contributed by atoms with Crippen molar-refractivity contribution in [1.29, 1.82) is 0 Å². The van der Waals surface area contributed by atoms with E-state index in [1.54, 1.807) is 7.11 Å². The highest BCUT2D eigenvalue weighted by Crippen LogP contribution is 2.09. The lowest BCUT2D eigenvalue weighted by atomic mass is 10.1. The van der Waals surface area contributed by atoms with Crippen molar-refractivity contribution >= 4 is 5.96 Å². The third-order valence-corrected chi connectivity index (χ3v) is 2.93. The van der Waals surface area contributed by atoms with Gasteiger partial charge in [-0.3, -0.25) is 10.4 Å². The van der Waals surface area contributed by atoms with Crippen molar-refractivity contribution in [3.05, 3.63) is 0 Å². The molecule has 0 saturated heterocycles. The topological polar surface area (TPSA) is 62.9 Å². The maximum atomic E-state index is 5.62. The Morgan fingerprint density at radius 2 is 1.94 bits per heavy atom. The number of rotatable bonds is 8. The zero-order valence-corrected chi connectivity index (χ0v) is 12.6. The Kier molecular flexibility index (Phi) is 9.69. The fraction of sp³-hybridized carbons (Fsp3) is 0.923. The maximum Gasteiger partial charge on any atom is 0.208 e. The first-order valence-electron chi connectivity index (χ1n) is 6.87. The largest absolute Gasteiger partial charge is 0.383 e. The molecule has 0 bridgehead atoms. The first kappa shape index (κ1) is 17.2. The van der Waals surface area contributed by atoms with Gasteiger partial charge in [-0.2, -0.15) is 0 Å². The molecule has 0 aliphatic carbocycles. The second kappa shape index (κ2) is 10.1. The van der Waals surface area contributed by atoms with Crippen LogP contribution in [0.4, 0.5) is 0 Å². The van der Waals surface area contributed by atoms with Crippen LogP contribution in [-0.4, -0.2) is 43.7 Å². The van der Waals surface area contributed by atoms with Gasteiger partial charge in [-0.05, 0) is 18.8 Å². The minimum Gasteiger partial charge on any atom is -0.383 e. The van der Waals surface area contributed by atoms with Crippen LogP contribution in [0, 0.1) is 5.92 Å². The summed E-state index contributed by atoms with van der Waals surface area (Å²) in [5.41, 5.74) is 2.74. The Bertz CT molecular complexity index is 227. The number of nitrogens with two attached hydrogens (primary N) is 1. The van der Waals surface area contributed by atoms with E-state index >= 15 is 0 Å². The molecule has 5 nitrogen and oxygen atoms in total. The monoisotopic (exact) mass is 258 g/mol. The van der Waals surface area contributed by atoms with E-state index in [0.29, 0.717) is 18.6 Å². The molecule has 3 N–H and O–H groups in total. The summed E-state index contributed by atoms with van der Waals surface area (Å²) in [5, 5.41) is 0. The van der Waals surface area contributed by atoms with Gasteiger partial charge in [-0.15, -0.1) is 0 Å². The molecule has 5 heteroatoms. The minimum atomic E-state index is 0.446. The predicted octanol–water partition coefficient (Wildman–Crippen LogP) is 1.60. The lowest BCUT2D eigenvalue weighted by molar-refractivity contribution is 0.156. The molecule has 18 heavy (non-hydrogen) atoms. The number of guanidine groups is 1. The Morgan fingerprint density at radius 1 is 1.33 bits per heavy atom. The van der Waals surface area contributed by atoms with Gasteiger partial charge in [0.2, 0.25) is 5.96 Å². The van der Waals surface area contributed by atoms with Crippen LogP contribution in [0.2, 0.25) is 0 Å². The van der Waals surface area contributed by atoms with Gasteiger partial charge in [0.15, 0.2) is 0 Å². The fourth-order valence-corrected chi connectivity index (χ4v) is 1.87. The van der Waals surface area contributed by atoms with Gasteiger partial charge in [0.25, 0.3) is 0 Å². The molecule has 0 atom stereocenters. The Hall–Kier alpha value is -0.810. The highest BCUT2D eigenvalue weighted by molar-refractivity contribution is 5.79. The van der Waals surface area contributed by atoms with E-state index in [-0.39, 0.29) is 0 Å². The van der Waals surface area contributed by atoms with Crippen molar-refractivity contribution in [1.82, 2.24) is 10.3 Å². The van der Waals surface area contributed by atoms with Crippen LogP contribution in [0.3, 0.4) is 0 Å². The van der Waals surface area contributed by atoms with E-state index in [1.165, 1.54) is 0 Å². The second-order valence-electron chi connectivity index (χ2n) is 4.86. The van der Waals surface area contributed by atoms with E-state index in [2.05, 4.69) is 43.0 Å². The molecule has 0 aliphatic rings. The number of hydrogen-bond acceptors (Lipinski definition) is 3. The van der Waals surface area contributed by atoms with Crippen LogP contribution >= 0.6 is 0 Å². The number of nitrogens with zero attached hydrogens (tertiary/aromatic N) is 2. The van der Waals surface area contributed by atoms with Crippen molar-refractivity contribution < 1.29 is 4.74 Å². The zero-order chi connectivity index (χ0) is 14.0. The molecular weight excluding hydrogens is 228 g/mol. The van der Waals surface area contributed by atoms with Gasteiger partial charge in [0.05, 0.1) is 6.61 Å². The molecule has 0 radical (unpaired) electrons. The van der Waals surface area contributed by atoms with Gasteiger partial charge in [0, 0.05) is 26.2 Å². The van der Waals surface area contributed by atoms with Gasteiger partial charge < -0.3 is 9.64 Å². The smallest absolute Gasteiger partial charge is 0.208 e. The van der Waals surface area contributed by atoms with E-state index in [1.807, 2.05) is 0 Å². The highest BCUT2D eigenvalue weighted by Gasteiger charge is 2.18. The Labute approximate surface area is 112 Å². The number of aliphatic imine (C=N–C) groups is 1. The lowest BCUT2D eigenvalue weighted by Crippen LogP contribution is -2.50. The fourth-order valence-electron chi connectivity index (χ4n) is 1.87. The SMILES string of the molecule is CCC(CC)N(CCOC)C(=NCC(C)C)NN. The number of hydrogen-bond donors (Lipinski definition) is 2. The lowest BCUT2D eigenvalue weighted by Gasteiger charge is -2.32. The molecule has 0 fully saturated rings. The van der Waals surface area contributed by atoms with E-state index < -0.39 is 0 Å². The summed E-state index contributed by atoms with van der Waals surface area (Å²) in [6.45, 7) is 10.9. The molecule has 0 heterocycles. The van der Waals surface area contributed by atoms with Crippen LogP contribution in [0.5, 0.6) is 0 Å². The Balaban J connectivity index is 4.80. The summed E-state index contributed by atoms with van der Waals surface area (Å²) in [4.78, 5) is 6.78. The molecule has 0 aromatic carbocycles. The molecule has 0 rings (SSSR count). The summed E-state index contributed by atoms with van der Waals surface area (Å²) < 4.78 is 5.17. The van der Waals surface area contributed by atoms with Gasteiger partial charge in [-0.1, -0.05) is 27.7 Å². The van der Waals surface area contributed by atoms with Crippen LogP contribution < -0.4 is 11.3 Å². The molecule has 0 saturated carbocycles. The zero-order valence-electron chi connectivity index (χ0n) is 12.6. The molecule has 0 aromatic heterocycles. The molecule has 0 spiro atoms. The number of ether oxygens (including phenoxy) is 1. The number of nitrogens with one attached hydrogen (secondary N) is 1. The molecule has 0 amide bonds. The summed E-state index contributed by atoms with van der Waals surface area (Å²) in [6, 6.07) is 0.446. The predicted molar refractivity (Wildman–Crippen MR) is 77.4 cm³/mol. The van der Waals surface area contributed by atoms with Crippen molar-refractivity contribution in [2.24, 2.45) is 16.8 Å². The van der Waals surface area contributed by atoms with Gasteiger partial charge >= 0.3 is 0 Å². The summed E-state index contributed by atoms with van der Waals surface area (Å²) >= 11 is 0. The van der Waals surface area contributed by atoms with Gasteiger partial charge in [-0.25, -0.2) is 5.84 Å². The minimum absolute atomic E-state index is 0.446. The highest BCUT2D eigenvalue weighted by atomic mass is 16.5. The van der Waals surface area contributed by atoms with E-state index in [9.17, 15) is 0 Å². The van der Waals surface area contributed by atoms with Gasteiger partial charge in [0.1, 0.15) is 0 Å². The van der Waals surface area contributed by atoms with Crippen molar-refractivity contribution in [2.75, 3.05) is 26.8 Å². The summed E-state index contributed by atoms with van der Waals surface area (Å²) in [6.07, 6.45) is 2.14. The third kappa shape index (κ3) is 6.21. The van der Waals surface area contributed by atoms with E-state index in [4.69, 9.17) is 10.6 Å². The van der Waals surface area contributed by atoms with Crippen LogP contribution in [0.15, 0.2) is 4.99 Å². The second-order valence-corrected chi connectivity index (χ2v) is 4.86. The Morgan fingerprint density at radius 3 is 2.33 bits per heavy atom. The summed E-state index contributed by atoms with van der Waals surface area (Å²) in [5.74, 6) is 6.92. The van der Waals surface area contributed by atoms with Crippen LogP contribution in [-0.2, 0) is 4.74 Å². The summed E-state index contributed by atoms with van der Waals surface area (Å²) in [7, 11) is 1.71. The maximum absolute atomic E-state index is 5.62. The molecule has 108 valence electrons. The third-order valence-electron chi connectivity index (χ3n) is 2.93. The quantitative estimate of drug-likeness (QED) is 0.300. The number of hydrazine groups is 1. The molecule has 0 aliphatic heterocycles. The van der Waals surface area contributed by atoms with Crippen molar-refractivity contribution in [2.45, 2.75) is 46.6 Å².